The van der Waals surface area contributed by atoms with E-state index in [1.165, 1.54) is 0 Å². The summed E-state index contributed by atoms with van der Waals surface area (Å²) < 4.78 is 10.5. The van der Waals surface area contributed by atoms with Crippen molar-refractivity contribution in [2.24, 2.45) is 0 Å². The maximum Gasteiger partial charge on any atom is 0.311 e. The molecule has 1 aliphatic rings. The van der Waals surface area contributed by atoms with Gasteiger partial charge in [-0.15, -0.1) is 0 Å². The van der Waals surface area contributed by atoms with Crippen molar-refractivity contribution in [1.29, 1.82) is 0 Å². The Balaban J connectivity index is 1.84. The molecule has 1 unspecified atom stereocenters. The number of rotatable bonds is 5. The number of hydrogen-bond acceptors (Lipinski definition) is 3. The van der Waals surface area contributed by atoms with Gasteiger partial charge in [0.15, 0.2) is 0 Å². The van der Waals surface area contributed by atoms with Crippen LogP contribution >= 0.6 is 0 Å². The average molecular weight is 234 g/mol. The van der Waals surface area contributed by atoms with E-state index in [0.717, 1.165) is 30.6 Å². The normalized spacial score (nSPS) is 17.9. The molecule has 0 radical (unpaired) electrons. The lowest BCUT2D eigenvalue weighted by Gasteiger charge is -2.09. The summed E-state index contributed by atoms with van der Waals surface area (Å²) in [6.07, 6.45) is 2.66. The maximum absolute atomic E-state index is 11.7. The molecule has 1 aliphatic heterocycles. The molecule has 0 aliphatic carbocycles. The first kappa shape index (κ1) is 12.1. The Morgan fingerprint density at radius 3 is 2.65 bits per heavy atom. The third-order valence-electron chi connectivity index (χ3n) is 2.93. The second kappa shape index (κ2) is 5.32. The van der Waals surface area contributed by atoms with E-state index in [1.54, 1.807) is 0 Å². The molecule has 92 valence electrons. The molecule has 0 saturated carbocycles. The highest BCUT2D eigenvalue weighted by Gasteiger charge is 2.22. The summed E-state index contributed by atoms with van der Waals surface area (Å²) in [5, 5.41) is 0. The zero-order chi connectivity index (χ0) is 12.3. The second-order valence-corrected chi connectivity index (χ2v) is 4.54. The topological polar surface area (TPSA) is 38.8 Å². The van der Waals surface area contributed by atoms with E-state index in [9.17, 15) is 4.79 Å². The predicted molar refractivity (Wildman–Crippen MR) is 65.1 cm³/mol. The SMILES string of the molecule is Cc1cccc(C)c1OC(=O)CCCC1CO1. The summed E-state index contributed by atoms with van der Waals surface area (Å²) in [4.78, 5) is 11.7. The van der Waals surface area contributed by atoms with Crippen LogP contribution in [0.5, 0.6) is 5.75 Å². The van der Waals surface area contributed by atoms with Gasteiger partial charge in [-0.05, 0) is 37.8 Å². The van der Waals surface area contributed by atoms with Gasteiger partial charge in [-0.3, -0.25) is 4.79 Å². The molecular formula is C14H18O3. The molecule has 1 aromatic rings. The minimum absolute atomic E-state index is 0.150. The van der Waals surface area contributed by atoms with Crippen LogP contribution in [0.2, 0.25) is 0 Å². The third-order valence-corrected chi connectivity index (χ3v) is 2.93. The van der Waals surface area contributed by atoms with E-state index in [4.69, 9.17) is 9.47 Å². The minimum Gasteiger partial charge on any atom is -0.426 e. The second-order valence-electron chi connectivity index (χ2n) is 4.54. The fraction of sp³-hybridized carbons (Fsp3) is 0.500. The van der Waals surface area contributed by atoms with Crippen molar-refractivity contribution in [3.8, 4) is 5.75 Å². The van der Waals surface area contributed by atoms with Crippen molar-refractivity contribution < 1.29 is 14.3 Å². The van der Waals surface area contributed by atoms with Gasteiger partial charge in [-0.25, -0.2) is 0 Å². The lowest BCUT2D eigenvalue weighted by atomic mass is 10.1. The average Bonchev–Trinajstić information content (AvgIpc) is 3.08. The Morgan fingerprint density at radius 1 is 1.41 bits per heavy atom. The van der Waals surface area contributed by atoms with Crippen LogP contribution < -0.4 is 4.74 Å². The number of benzene rings is 1. The maximum atomic E-state index is 11.7. The molecular weight excluding hydrogens is 216 g/mol. The number of esters is 1. The van der Waals surface area contributed by atoms with Gasteiger partial charge in [0.1, 0.15) is 5.75 Å². The van der Waals surface area contributed by atoms with Crippen LogP contribution in [0.3, 0.4) is 0 Å². The quantitative estimate of drug-likeness (QED) is 0.447. The molecule has 0 N–H and O–H groups in total. The Bertz CT molecular complexity index is 388. The van der Waals surface area contributed by atoms with Crippen molar-refractivity contribution in [3.05, 3.63) is 29.3 Å². The lowest BCUT2D eigenvalue weighted by molar-refractivity contribution is -0.134. The minimum atomic E-state index is -0.150. The molecule has 0 amide bonds. The molecule has 0 aromatic heterocycles. The summed E-state index contributed by atoms with van der Waals surface area (Å²) >= 11 is 0. The van der Waals surface area contributed by atoms with Crippen molar-refractivity contribution in [3.63, 3.8) is 0 Å². The van der Waals surface area contributed by atoms with E-state index < -0.39 is 0 Å². The zero-order valence-corrected chi connectivity index (χ0v) is 10.4. The van der Waals surface area contributed by atoms with Gasteiger partial charge in [0.2, 0.25) is 0 Å². The highest BCUT2D eigenvalue weighted by atomic mass is 16.6. The van der Waals surface area contributed by atoms with Gasteiger partial charge in [-0.2, -0.15) is 0 Å². The van der Waals surface area contributed by atoms with Gasteiger partial charge in [0, 0.05) is 6.42 Å². The van der Waals surface area contributed by atoms with E-state index in [0.29, 0.717) is 18.3 Å². The Labute approximate surface area is 102 Å². The molecule has 1 saturated heterocycles. The first-order chi connectivity index (χ1) is 8.16. The molecule has 1 atom stereocenters. The van der Waals surface area contributed by atoms with Gasteiger partial charge < -0.3 is 9.47 Å². The number of carbonyl (C=O) groups is 1. The van der Waals surface area contributed by atoms with Crippen molar-refractivity contribution in [2.75, 3.05) is 6.61 Å². The summed E-state index contributed by atoms with van der Waals surface area (Å²) in [6.45, 7) is 4.76. The van der Waals surface area contributed by atoms with Crippen molar-refractivity contribution in [1.82, 2.24) is 0 Å². The van der Waals surface area contributed by atoms with E-state index in [2.05, 4.69) is 0 Å². The summed E-state index contributed by atoms with van der Waals surface area (Å²) in [5.41, 5.74) is 2.01. The van der Waals surface area contributed by atoms with Crippen molar-refractivity contribution >= 4 is 5.97 Å². The largest absolute Gasteiger partial charge is 0.426 e. The molecule has 0 spiro atoms. The van der Waals surface area contributed by atoms with E-state index in [1.807, 2.05) is 32.0 Å². The van der Waals surface area contributed by atoms with Gasteiger partial charge >= 0.3 is 5.97 Å². The van der Waals surface area contributed by atoms with Gasteiger partial charge in [0.05, 0.1) is 12.7 Å². The summed E-state index contributed by atoms with van der Waals surface area (Å²) in [5.74, 6) is 0.559. The molecule has 17 heavy (non-hydrogen) atoms. The number of hydrogen-bond donors (Lipinski definition) is 0. The van der Waals surface area contributed by atoms with Crippen LogP contribution in [-0.2, 0) is 9.53 Å². The van der Waals surface area contributed by atoms with E-state index in [-0.39, 0.29) is 5.97 Å². The van der Waals surface area contributed by atoms with Crippen LogP contribution in [0.15, 0.2) is 18.2 Å². The number of para-hydroxylation sites is 1. The Hall–Kier alpha value is -1.35. The summed E-state index contributed by atoms with van der Waals surface area (Å²) in [6, 6.07) is 5.87. The number of carbonyl (C=O) groups excluding carboxylic acids is 1. The number of epoxide rings is 1. The number of aryl methyl sites for hydroxylation is 2. The predicted octanol–water partition coefficient (Wildman–Crippen LogP) is 2.78. The van der Waals surface area contributed by atoms with Crippen LogP contribution in [0.25, 0.3) is 0 Å². The molecule has 0 bridgehead atoms. The highest BCUT2D eigenvalue weighted by molar-refractivity contribution is 5.73. The standard InChI is InChI=1S/C14H18O3/c1-10-5-3-6-11(2)14(10)17-13(15)8-4-7-12-9-16-12/h3,5-6,12H,4,7-9H2,1-2H3. The molecule has 2 rings (SSSR count). The highest BCUT2D eigenvalue weighted by Crippen LogP contribution is 2.23. The van der Waals surface area contributed by atoms with Crippen molar-refractivity contribution in [2.45, 2.75) is 39.2 Å². The van der Waals surface area contributed by atoms with Crippen LogP contribution in [0, 0.1) is 13.8 Å². The van der Waals surface area contributed by atoms with Crippen LogP contribution in [-0.4, -0.2) is 18.7 Å². The first-order valence-electron chi connectivity index (χ1n) is 6.05. The van der Waals surface area contributed by atoms with Crippen LogP contribution in [0.1, 0.15) is 30.4 Å². The molecule has 1 heterocycles. The third kappa shape index (κ3) is 3.56. The smallest absolute Gasteiger partial charge is 0.311 e. The zero-order valence-electron chi connectivity index (χ0n) is 10.4. The molecule has 1 aromatic carbocycles. The molecule has 3 heteroatoms. The van der Waals surface area contributed by atoms with Gasteiger partial charge in [-0.1, -0.05) is 18.2 Å². The number of ether oxygens (including phenoxy) is 2. The van der Waals surface area contributed by atoms with E-state index >= 15 is 0 Å². The van der Waals surface area contributed by atoms with Crippen LogP contribution in [0.4, 0.5) is 0 Å². The molecule has 1 fully saturated rings. The fourth-order valence-electron chi connectivity index (χ4n) is 1.83. The lowest BCUT2D eigenvalue weighted by Crippen LogP contribution is -2.09. The Kier molecular flexibility index (Phi) is 3.79. The summed E-state index contributed by atoms with van der Waals surface area (Å²) in [7, 11) is 0. The molecule has 3 nitrogen and oxygen atoms in total. The Morgan fingerprint density at radius 2 is 2.06 bits per heavy atom. The first-order valence-corrected chi connectivity index (χ1v) is 6.05. The fourth-order valence-corrected chi connectivity index (χ4v) is 1.83. The monoisotopic (exact) mass is 234 g/mol. The van der Waals surface area contributed by atoms with Gasteiger partial charge in [0.25, 0.3) is 0 Å².